The molecule has 0 aromatic heterocycles. The Morgan fingerprint density at radius 1 is 1.58 bits per heavy atom. The number of nitrogens with one attached hydrogen (secondary N) is 1. The SMILES string of the molecule is CC(C)(CNC(=O)c1cccc(Br)c1F)/C(N)=N/O. The van der Waals surface area contributed by atoms with E-state index in [9.17, 15) is 9.18 Å². The molecule has 1 amide bonds. The molecule has 0 spiro atoms. The summed E-state index contributed by atoms with van der Waals surface area (Å²) in [4.78, 5) is 11.9. The van der Waals surface area contributed by atoms with Gasteiger partial charge < -0.3 is 16.3 Å². The van der Waals surface area contributed by atoms with E-state index in [1.807, 2.05) is 0 Å². The highest BCUT2D eigenvalue weighted by molar-refractivity contribution is 9.10. The van der Waals surface area contributed by atoms with E-state index < -0.39 is 17.1 Å². The van der Waals surface area contributed by atoms with Gasteiger partial charge in [0.25, 0.3) is 5.91 Å². The summed E-state index contributed by atoms with van der Waals surface area (Å²) in [6.45, 7) is 3.51. The van der Waals surface area contributed by atoms with Crippen LogP contribution in [-0.2, 0) is 0 Å². The van der Waals surface area contributed by atoms with E-state index >= 15 is 0 Å². The molecule has 0 radical (unpaired) electrons. The maximum atomic E-state index is 13.7. The van der Waals surface area contributed by atoms with Gasteiger partial charge in [0.1, 0.15) is 11.7 Å². The van der Waals surface area contributed by atoms with Gasteiger partial charge in [-0.15, -0.1) is 0 Å². The summed E-state index contributed by atoms with van der Waals surface area (Å²) < 4.78 is 13.9. The van der Waals surface area contributed by atoms with E-state index in [2.05, 4.69) is 26.4 Å². The minimum Gasteiger partial charge on any atom is -0.409 e. The van der Waals surface area contributed by atoms with Crippen LogP contribution < -0.4 is 11.1 Å². The van der Waals surface area contributed by atoms with E-state index in [1.165, 1.54) is 12.1 Å². The van der Waals surface area contributed by atoms with Crippen LogP contribution in [0.5, 0.6) is 0 Å². The largest absolute Gasteiger partial charge is 0.409 e. The molecule has 5 nitrogen and oxygen atoms in total. The molecular weight excluding hydrogens is 317 g/mol. The van der Waals surface area contributed by atoms with E-state index in [1.54, 1.807) is 19.9 Å². The number of amides is 1. The highest BCUT2D eigenvalue weighted by atomic mass is 79.9. The number of nitrogens with zero attached hydrogens (tertiary/aromatic N) is 1. The van der Waals surface area contributed by atoms with E-state index in [-0.39, 0.29) is 22.4 Å². The zero-order valence-electron chi connectivity index (χ0n) is 10.6. The standard InChI is InChI=1S/C12H15BrFN3O2/c1-12(2,11(15)17-19)6-16-10(18)7-4-3-5-8(13)9(7)14/h3-5,19H,6H2,1-2H3,(H2,15,17)(H,16,18). The maximum Gasteiger partial charge on any atom is 0.254 e. The number of carbonyl (C=O) groups excluding carboxylic acids is 1. The van der Waals surface area contributed by atoms with Gasteiger partial charge in [0.2, 0.25) is 0 Å². The van der Waals surface area contributed by atoms with Crippen molar-refractivity contribution in [1.82, 2.24) is 5.32 Å². The van der Waals surface area contributed by atoms with Crippen LogP contribution in [-0.4, -0.2) is 23.5 Å². The predicted octanol–water partition coefficient (Wildman–Crippen LogP) is 2.09. The molecule has 0 atom stereocenters. The molecule has 0 fully saturated rings. The first kappa shape index (κ1) is 15.4. The van der Waals surface area contributed by atoms with Crippen LogP contribution in [0, 0.1) is 11.2 Å². The molecule has 1 rings (SSSR count). The summed E-state index contributed by atoms with van der Waals surface area (Å²) in [6.07, 6.45) is 0. The number of nitrogens with two attached hydrogens (primary N) is 1. The molecule has 0 aliphatic rings. The van der Waals surface area contributed by atoms with Gasteiger partial charge >= 0.3 is 0 Å². The lowest BCUT2D eigenvalue weighted by Gasteiger charge is -2.23. The highest BCUT2D eigenvalue weighted by Gasteiger charge is 2.25. The van der Waals surface area contributed by atoms with Crippen molar-refractivity contribution in [1.29, 1.82) is 0 Å². The highest BCUT2D eigenvalue weighted by Crippen LogP contribution is 2.19. The Hall–Kier alpha value is -1.63. The van der Waals surface area contributed by atoms with Gasteiger partial charge in [-0.2, -0.15) is 0 Å². The molecule has 0 aliphatic carbocycles. The first-order valence-corrected chi connectivity index (χ1v) is 6.29. The normalized spacial score (nSPS) is 12.3. The third-order valence-corrected chi connectivity index (χ3v) is 3.30. The monoisotopic (exact) mass is 331 g/mol. The summed E-state index contributed by atoms with van der Waals surface area (Å²) in [5.74, 6) is -1.19. The summed E-state index contributed by atoms with van der Waals surface area (Å²) >= 11 is 3.01. The van der Waals surface area contributed by atoms with Gasteiger partial charge in [-0.05, 0) is 28.1 Å². The van der Waals surface area contributed by atoms with Crippen molar-refractivity contribution in [2.45, 2.75) is 13.8 Å². The Balaban J connectivity index is 2.79. The summed E-state index contributed by atoms with van der Waals surface area (Å²) in [5, 5.41) is 14.1. The molecule has 1 aromatic rings. The second kappa shape index (κ2) is 6.01. The van der Waals surface area contributed by atoms with Crippen LogP contribution in [0.2, 0.25) is 0 Å². The number of halogens is 2. The van der Waals surface area contributed by atoms with Crippen LogP contribution in [0.15, 0.2) is 27.8 Å². The fraction of sp³-hybridized carbons (Fsp3) is 0.333. The molecule has 7 heteroatoms. The topological polar surface area (TPSA) is 87.7 Å². The smallest absolute Gasteiger partial charge is 0.254 e. The molecule has 4 N–H and O–H groups in total. The average molecular weight is 332 g/mol. The van der Waals surface area contributed by atoms with Crippen molar-refractivity contribution in [3.05, 3.63) is 34.1 Å². The molecule has 0 saturated heterocycles. The van der Waals surface area contributed by atoms with Gasteiger partial charge in [-0.1, -0.05) is 25.1 Å². The van der Waals surface area contributed by atoms with Gasteiger partial charge in [0.05, 0.1) is 10.0 Å². The number of oxime groups is 1. The van der Waals surface area contributed by atoms with Gasteiger partial charge in [0.15, 0.2) is 0 Å². The fourth-order valence-electron chi connectivity index (χ4n) is 1.30. The third kappa shape index (κ3) is 3.66. The minimum absolute atomic E-state index is 0.0116. The lowest BCUT2D eigenvalue weighted by atomic mass is 9.92. The zero-order chi connectivity index (χ0) is 14.6. The fourth-order valence-corrected chi connectivity index (χ4v) is 1.67. The van der Waals surface area contributed by atoms with Crippen molar-refractivity contribution in [3.63, 3.8) is 0 Å². The zero-order valence-corrected chi connectivity index (χ0v) is 12.2. The molecular formula is C12H15BrFN3O2. The first-order valence-electron chi connectivity index (χ1n) is 5.50. The number of hydrogen-bond acceptors (Lipinski definition) is 3. The maximum absolute atomic E-state index is 13.7. The molecule has 0 saturated carbocycles. The molecule has 0 bridgehead atoms. The number of hydrogen-bond donors (Lipinski definition) is 3. The van der Waals surface area contributed by atoms with E-state index in [0.717, 1.165) is 0 Å². The van der Waals surface area contributed by atoms with Gasteiger partial charge in [-0.25, -0.2) is 4.39 Å². The van der Waals surface area contributed by atoms with Crippen molar-refractivity contribution >= 4 is 27.7 Å². The Kier molecular flexibility index (Phi) is 4.88. The lowest BCUT2D eigenvalue weighted by molar-refractivity contribution is 0.0940. The van der Waals surface area contributed by atoms with E-state index in [4.69, 9.17) is 10.9 Å². The number of amidine groups is 1. The van der Waals surface area contributed by atoms with Crippen molar-refractivity contribution < 1.29 is 14.4 Å². The molecule has 1 aromatic carbocycles. The summed E-state index contributed by atoms with van der Waals surface area (Å²) in [5.41, 5.74) is 4.70. The van der Waals surface area contributed by atoms with Crippen LogP contribution in [0.25, 0.3) is 0 Å². The Morgan fingerprint density at radius 3 is 2.79 bits per heavy atom. The van der Waals surface area contributed by atoms with Crippen molar-refractivity contribution in [2.24, 2.45) is 16.3 Å². The summed E-state index contributed by atoms with van der Waals surface area (Å²) in [7, 11) is 0. The van der Waals surface area contributed by atoms with Crippen LogP contribution in [0.3, 0.4) is 0 Å². The quantitative estimate of drug-likeness (QED) is 0.341. The van der Waals surface area contributed by atoms with E-state index in [0.29, 0.717) is 0 Å². The predicted molar refractivity (Wildman–Crippen MR) is 73.6 cm³/mol. The van der Waals surface area contributed by atoms with Gasteiger partial charge in [-0.3, -0.25) is 4.79 Å². The molecule has 0 unspecified atom stereocenters. The van der Waals surface area contributed by atoms with Crippen molar-refractivity contribution in [2.75, 3.05) is 6.54 Å². The Bertz CT molecular complexity index is 518. The third-order valence-electron chi connectivity index (χ3n) is 2.69. The van der Waals surface area contributed by atoms with Crippen LogP contribution >= 0.6 is 15.9 Å². The molecule has 0 heterocycles. The molecule has 19 heavy (non-hydrogen) atoms. The second-order valence-electron chi connectivity index (χ2n) is 4.65. The summed E-state index contributed by atoms with van der Waals surface area (Å²) in [6, 6.07) is 4.45. The first-order chi connectivity index (χ1) is 8.79. The van der Waals surface area contributed by atoms with Gasteiger partial charge in [0, 0.05) is 12.0 Å². The Labute approximate surface area is 118 Å². The van der Waals surface area contributed by atoms with Crippen LogP contribution in [0.4, 0.5) is 4.39 Å². The lowest BCUT2D eigenvalue weighted by Crippen LogP contribution is -2.42. The number of benzene rings is 1. The molecule has 0 aliphatic heterocycles. The second-order valence-corrected chi connectivity index (χ2v) is 5.51. The average Bonchev–Trinajstić information content (AvgIpc) is 2.38. The van der Waals surface area contributed by atoms with Crippen LogP contribution in [0.1, 0.15) is 24.2 Å². The molecule has 104 valence electrons. The number of rotatable bonds is 4. The minimum atomic E-state index is -0.729. The van der Waals surface area contributed by atoms with Crippen molar-refractivity contribution in [3.8, 4) is 0 Å². The Morgan fingerprint density at radius 2 is 2.21 bits per heavy atom. The number of carbonyl (C=O) groups is 1.